The molecule has 34 heavy (non-hydrogen) atoms. The summed E-state index contributed by atoms with van der Waals surface area (Å²) in [6, 6.07) is 15.4. The van der Waals surface area contributed by atoms with Crippen LogP contribution in [0.4, 0.5) is 11.6 Å². The first-order chi connectivity index (χ1) is 16.3. The van der Waals surface area contributed by atoms with E-state index in [9.17, 15) is 18.0 Å². The molecule has 4 rings (SSSR count). The van der Waals surface area contributed by atoms with Crippen LogP contribution < -0.4 is 10.6 Å². The zero-order chi connectivity index (χ0) is 24.3. The van der Waals surface area contributed by atoms with Crippen LogP contribution in [0, 0.1) is 0 Å². The van der Waals surface area contributed by atoms with Crippen molar-refractivity contribution in [2.45, 2.75) is 30.8 Å². The van der Waals surface area contributed by atoms with E-state index in [2.05, 4.69) is 17.2 Å². The van der Waals surface area contributed by atoms with Crippen LogP contribution >= 0.6 is 11.6 Å². The number of carbonyl (C=O) groups excluding carboxylic acids is 2. The lowest BCUT2D eigenvalue weighted by Gasteiger charge is -2.17. The molecule has 1 aromatic heterocycles. The van der Waals surface area contributed by atoms with Gasteiger partial charge in [0, 0.05) is 24.6 Å². The van der Waals surface area contributed by atoms with Gasteiger partial charge in [0.25, 0.3) is 0 Å². The highest BCUT2D eigenvalue weighted by atomic mass is 35.5. The fraction of sp³-hybridized carbons (Fsp3) is 0.167. The van der Waals surface area contributed by atoms with E-state index in [1.54, 1.807) is 6.07 Å². The number of carbonyl (C=O) groups is 2. The molecule has 2 aromatic carbocycles. The van der Waals surface area contributed by atoms with Gasteiger partial charge in [-0.25, -0.2) is 8.42 Å². The summed E-state index contributed by atoms with van der Waals surface area (Å²) in [4.78, 5) is 23.7. The van der Waals surface area contributed by atoms with Crippen molar-refractivity contribution in [1.29, 1.82) is 0 Å². The Morgan fingerprint density at radius 2 is 1.85 bits per heavy atom. The number of anilines is 2. The highest BCUT2D eigenvalue weighted by Gasteiger charge is 2.34. The fourth-order valence-electron chi connectivity index (χ4n) is 3.57. The molecule has 2 N–H and O–H groups in total. The van der Waals surface area contributed by atoms with Gasteiger partial charge in [-0.2, -0.15) is 4.31 Å². The lowest BCUT2D eigenvalue weighted by molar-refractivity contribution is -0.116. The minimum atomic E-state index is -3.86. The predicted molar refractivity (Wildman–Crippen MR) is 129 cm³/mol. The molecule has 2 heterocycles. The van der Waals surface area contributed by atoms with E-state index >= 15 is 0 Å². The number of halogens is 1. The van der Waals surface area contributed by atoms with Crippen molar-refractivity contribution in [2.24, 2.45) is 0 Å². The molecule has 8 nitrogen and oxygen atoms in total. The van der Waals surface area contributed by atoms with E-state index in [0.717, 1.165) is 11.6 Å². The number of fused-ring (bicyclic) bond motifs is 1. The molecular weight excluding hydrogens is 478 g/mol. The highest BCUT2D eigenvalue weighted by molar-refractivity contribution is 7.89. The molecule has 0 spiro atoms. The first kappa shape index (κ1) is 23.7. The van der Waals surface area contributed by atoms with Crippen LogP contribution in [0.25, 0.3) is 0 Å². The zero-order valence-corrected chi connectivity index (χ0v) is 19.7. The van der Waals surface area contributed by atoms with Crippen molar-refractivity contribution < 1.29 is 22.4 Å². The number of rotatable bonds is 8. The van der Waals surface area contributed by atoms with Crippen LogP contribution in [-0.4, -0.2) is 24.5 Å². The molecule has 0 atom stereocenters. The standard InChI is InChI=1S/C24H22ClN3O5S/c1-2-22(29)27-24-12-17-14-28(15-21(17)33-24)34(31,32)18-9-10-20(19(25)13-18)26-23(30)11-8-16-6-4-3-5-7-16/h2-7,9-10,12-13H,1,8,11,14-15H2,(H,26,30)(H,27,29). The summed E-state index contributed by atoms with van der Waals surface area (Å²) in [7, 11) is -3.86. The maximum Gasteiger partial charge on any atom is 0.250 e. The maximum absolute atomic E-state index is 13.1. The number of hydrogen-bond acceptors (Lipinski definition) is 5. The van der Waals surface area contributed by atoms with Gasteiger partial charge in [-0.3, -0.25) is 14.9 Å². The molecular formula is C24H22ClN3O5S. The third-order valence-corrected chi connectivity index (χ3v) is 7.43. The van der Waals surface area contributed by atoms with Crippen LogP contribution in [0.3, 0.4) is 0 Å². The summed E-state index contributed by atoms with van der Waals surface area (Å²) < 4.78 is 33.0. The zero-order valence-electron chi connectivity index (χ0n) is 18.1. The smallest absolute Gasteiger partial charge is 0.250 e. The van der Waals surface area contributed by atoms with Gasteiger partial charge in [-0.05, 0) is 36.3 Å². The second-order valence-electron chi connectivity index (χ2n) is 7.70. The summed E-state index contributed by atoms with van der Waals surface area (Å²) in [5, 5.41) is 5.36. The SMILES string of the molecule is C=CC(=O)Nc1cc2c(o1)CN(S(=O)(=O)c1ccc(NC(=O)CCc3ccccc3)c(Cl)c1)C2. The largest absolute Gasteiger partial charge is 0.444 e. The molecule has 0 unspecified atom stereocenters. The molecule has 0 saturated heterocycles. The molecule has 1 aliphatic rings. The second kappa shape index (κ2) is 9.84. The van der Waals surface area contributed by atoms with E-state index in [4.69, 9.17) is 16.0 Å². The monoisotopic (exact) mass is 499 g/mol. The minimum absolute atomic E-state index is 0.00474. The van der Waals surface area contributed by atoms with Crippen molar-refractivity contribution in [3.05, 3.63) is 89.2 Å². The lowest BCUT2D eigenvalue weighted by atomic mass is 10.1. The molecule has 1 aliphatic heterocycles. The third-order valence-electron chi connectivity index (χ3n) is 5.33. The van der Waals surface area contributed by atoms with Crippen LogP contribution in [0.1, 0.15) is 23.3 Å². The number of hydrogen-bond donors (Lipinski definition) is 2. The van der Waals surface area contributed by atoms with Gasteiger partial charge in [-0.1, -0.05) is 48.5 Å². The summed E-state index contributed by atoms with van der Waals surface area (Å²) in [5.41, 5.74) is 2.05. The fourth-order valence-corrected chi connectivity index (χ4v) is 5.26. The summed E-state index contributed by atoms with van der Waals surface area (Å²) in [6.45, 7) is 3.50. The van der Waals surface area contributed by atoms with Crippen molar-refractivity contribution in [2.75, 3.05) is 10.6 Å². The van der Waals surface area contributed by atoms with Crippen molar-refractivity contribution in [3.63, 3.8) is 0 Å². The number of furan rings is 1. The molecule has 176 valence electrons. The first-order valence-corrected chi connectivity index (χ1v) is 12.3. The van der Waals surface area contributed by atoms with Gasteiger partial charge in [0.15, 0.2) is 5.88 Å². The van der Waals surface area contributed by atoms with E-state index < -0.39 is 15.9 Å². The number of nitrogens with zero attached hydrogens (tertiary/aromatic N) is 1. The topological polar surface area (TPSA) is 109 Å². The van der Waals surface area contributed by atoms with Crippen LogP contribution in [-0.2, 0) is 39.1 Å². The lowest BCUT2D eigenvalue weighted by Crippen LogP contribution is -2.26. The highest BCUT2D eigenvalue weighted by Crippen LogP contribution is 2.34. The molecule has 0 radical (unpaired) electrons. The Kier molecular flexibility index (Phi) is 6.87. The van der Waals surface area contributed by atoms with E-state index in [0.29, 0.717) is 23.4 Å². The van der Waals surface area contributed by atoms with Gasteiger partial charge in [0.1, 0.15) is 5.76 Å². The maximum atomic E-state index is 13.1. The molecule has 2 amide bonds. The normalized spacial score (nSPS) is 13.3. The molecule has 10 heteroatoms. The average Bonchev–Trinajstić information content (AvgIpc) is 3.39. The van der Waals surface area contributed by atoms with Crippen molar-refractivity contribution in [3.8, 4) is 0 Å². The van der Waals surface area contributed by atoms with E-state index in [1.807, 2.05) is 30.3 Å². The first-order valence-electron chi connectivity index (χ1n) is 10.4. The molecule has 0 saturated carbocycles. The van der Waals surface area contributed by atoms with E-state index in [1.165, 1.54) is 22.5 Å². The Bertz CT molecular complexity index is 1330. The van der Waals surface area contributed by atoms with Gasteiger partial charge < -0.3 is 9.73 Å². The number of nitrogens with one attached hydrogen (secondary N) is 2. The molecule has 3 aromatic rings. The predicted octanol–water partition coefficient (Wildman–Crippen LogP) is 4.33. The quantitative estimate of drug-likeness (QED) is 0.448. The number of benzene rings is 2. The number of amides is 2. The van der Waals surface area contributed by atoms with Gasteiger partial charge >= 0.3 is 0 Å². The Morgan fingerprint density at radius 3 is 2.53 bits per heavy atom. The minimum Gasteiger partial charge on any atom is -0.444 e. The van der Waals surface area contributed by atoms with Gasteiger partial charge in [0.05, 0.1) is 22.2 Å². The number of sulfonamides is 1. The van der Waals surface area contributed by atoms with Crippen LogP contribution in [0.2, 0.25) is 5.02 Å². The molecule has 0 aliphatic carbocycles. The van der Waals surface area contributed by atoms with E-state index in [-0.39, 0.29) is 41.2 Å². The van der Waals surface area contributed by atoms with Gasteiger partial charge in [-0.15, -0.1) is 0 Å². The summed E-state index contributed by atoms with van der Waals surface area (Å²) in [5.74, 6) is 0.0577. The Hall–Kier alpha value is -3.40. The number of aryl methyl sites for hydroxylation is 1. The molecule has 0 fully saturated rings. The summed E-state index contributed by atoms with van der Waals surface area (Å²) >= 11 is 6.29. The Labute approximate surface area is 202 Å². The molecule has 0 bridgehead atoms. The van der Waals surface area contributed by atoms with Crippen LogP contribution in [0.5, 0.6) is 0 Å². The van der Waals surface area contributed by atoms with Crippen molar-refractivity contribution in [1.82, 2.24) is 4.31 Å². The second-order valence-corrected chi connectivity index (χ2v) is 10.0. The van der Waals surface area contributed by atoms with Crippen molar-refractivity contribution >= 4 is 45.0 Å². The summed E-state index contributed by atoms with van der Waals surface area (Å²) in [6.07, 6.45) is 1.97. The van der Waals surface area contributed by atoms with Crippen LogP contribution in [0.15, 0.2) is 76.6 Å². The Morgan fingerprint density at radius 1 is 1.09 bits per heavy atom. The Balaban J connectivity index is 1.40. The average molecular weight is 500 g/mol. The third kappa shape index (κ3) is 5.22. The van der Waals surface area contributed by atoms with Gasteiger partial charge in [0.2, 0.25) is 21.8 Å².